The molecular weight excluding hydrogens is 230 g/mol. The van der Waals surface area contributed by atoms with Gasteiger partial charge in [-0.05, 0) is 24.3 Å². The number of carbonyl (C=O) groups excluding carboxylic acids is 1. The molecule has 0 amide bonds. The topological polar surface area (TPSA) is 60.9 Å². The molecule has 18 heavy (non-hydrogen) atoms. The van der Waals surface area contributed by atoms with Crippen molar-refractivity contribution in [3.8, 4) is 0 Å². The average Bonchev–Trinajstić information content (AvgIpc) is 2.96. The molecule has 3 rings (SSSR count). The maximum Gasteiger partial charge on any atom is 0.223 e. The molecule has 0 atom stereocenters. The number of rotatable bonds is 3. The van der Waals surface area contributed by atoms with E-state index < -0.39 is 0 Å². The zero-order valence-corrected chi connectivity index (χ0v) is 9.83. The summed E-state index contributed by atoms with van der Waals surface area (Å²) in [4.78, 5) is 14.9. The van der Waals surface area contributed by atoms with E-state index in [-0.39, 0.29) is 0 Å². The fraction of sp³-hybridized carbons (Fsp3) is 0.154. The van der Waals surface area contributed by atoms with E-state index in [2.05, 4.69) is 10.1 Å². The number of hydrogen-bond donors (Lipinski definition) is 0. The Balaban J connectivity index is 2.00. The minimum atomic E-state index is 0.557. The van der Waals surface area contributed by atoms with Crippen molar-refractivity contribution in [3.05, 3.63) is 47.7 Å². The number of aldehydes is 1. The van der Waals surface area contributed by atoms with E-state index in [1.165, 1.54) is 0 Å². The van der Waals surface area contributed by atoms with Crippen molar-refractivity contribution in [1.82, 2.24) is 14.7 Å². The lowest BCUT2D eigenvalue weighted by Crippen LogP contribution is -1.99. The monoisotopic (exact) mass is 241 g/mol. The summed E-state index contributed by atoms with van der Waals surface area (Å²) >= 11 is 0. The number of aryl methyl sites for hydroxylation is 1. The van der Waals surface area contributed by atoms with Crippen molar-refractivity contribution in [2.24, 2.45) is 0 Å². The van der Waals surface area contributed by atoms with Crippen molar-refractivity contribution in [1.29, 1.82) is 0 Å². The molecule has 5 heteroatoms. The third-order valence-electron chi connectivity index (χ3n) is 2.81. The van der Waals surface area contributed by atoms with E-state index >= 15 is 0 Å². The van der Waals surface area contributed by atoms with Gasteiger partial charge in [0.15, 0.2) is 5.82 Å². The molecule has 0 saturated carbocycles. The van der Waals surface area contributed by atoms with E-state index in [1.54, 1.807) is 13.0 Å². The summed E-state index contributed by atoms with van der Waals surface area (Å²) in [5, 5.41) is 4.90. The smallest absolute Gasteiger partial charge is 0.223 e. The number of hydrogen-bond acceptors (Lipinski definition) is 4. The van der Waals surface area contributed by atoms with Crippen LogP contribution in [0.25, 0.3) is 10.9 Å². The van der Waals surface area contributed by atoms with E-state index in [0.717, 1.165) is 17.2 Å². The van der Waals surface area contributed by atoms with Crippen LogP contribution in [0.4, 0.5) is 0 Å². The van der Waals surface area contributed by atoms with Gasteiger partial charge in [0, 0.05) is 29.6 Å². The first-order chi connectivity index (χ1) is 8.76. The summed E-state index contributed by atoms with van der Waals surface area (Å²) in [5.74, 6) is 1.20. The van der Waals surface area contributed by atoms with Crippen LogP contribution in [0.5, 0.6) is 0 Å². The molecule has 1 aromatic carbocycles. The summed E-state index contributed by atoms with van der Waals surface area (Å²) in [6, 6.07) is 7.55. The fourth-order valence-corrected chi connectivity index (χ4v) is 1.99. The molecule has 0 aliphatic rings. The highest BCUT2D eigenvalue weighted by Crippen LogP contribution is 2.17. The van der Waals surface area contributed by atoms with Gasteiger partial charge >= 0.3 is 0 Å². The predicted octanol–water partition coefficient (Wildman–Crippen LogP) is 2.19. The minimum Gasteiger partial charge on any atom is -0.340 e. The van der Waals surface area contributed by atoms with Gasteiger partial charge in [-0.15, -0.1) is 0 Å². The second-order valence-corrected chi connectivity index (χ2v) is 4.11. The van der Waals surface area contributed by atoms with Crippen molar-refractivity contribution in [2.45, 2.75) is 13.5 Å². The molecule has 3 aromatic rings. The molecule has 0 N–H and O–H groups in total. The Morgan fingerprint density at radius 2 is 2.28 bits per heavy atom. The molecule has 2 heterocycles. The first-order valence-electron chi connectivity index (χ1n) is 5.59. The molecule has 0 radical (unpaired) electrons. The molecule has 0 bridgehead atoms. The number of fused-ring (bicyclic) bond motifs is 1. The zero-order valence-electron chi connectivity index (χ0n) is 9.83. The Morgan fingerprint density at radius 3 is 3.00 bits per heavy atom. The molecule has 2 aromatic heterocycles. The fourth-order valence-electron chi connectivity index (χ4n) is 1.99. The molecule has 0 spiro atoms. The largest absolute Gasteiger partial charge is 0.340 e. The van der Waals surface area contributed by atoms with Gasteiger partial charge < -0.3 is 9.09 Å². The van der Waals surface area contributed by atoms with Crippen molar-refractivity contribution < 1.29 is 9.32 Å². The van der Waals surface area contributed by atoms with E-state index in [1.807, 2.05) is 29.0 Å². The first-order valence-corrected chi connectivity index (χ1v) is 5.59. The summed E-state index contributed by atoms with van der Waals surface area (Å²) < 4.78 is 6.96. The number of carbonyl (C=O) groups is 1. The highest BCUT2D eigenvalue weighted by molar-refractivity contribution is 5.87. The van der Waals surface area contributed by atoms with Crippen LogP contribution in [0.1, 0.15) is 22.1 Å². The average molecular weight is 241 g/mol. The number of nitrogens with zero attached hydrogens (tertiary/aromatic N) is 3. The lowest BCUT2D eigenvalue weighted by Gasteiger charge is -2.01. The van der Waals surface area contributed by atoms with Crippen LogP contribution >= 0.6 is 0 Å². The third-order valence-corrected chi connectivity index (χ3v) is 2.81. The second-order valence-electron chi connectivity index (χ2n) is 4.11. The quantitative estimate of drug-likeness (QED) is 0.659. The number of aromatic nitrogens is 3. The molecule has 5 nitrogen and oxygen atoms in total. The molecule has 0 unspecified atom stereocenters. The van der Waals surface area contributed by atoms with Crippen LogP contribution in [0, 0.1) is 6.92 Å². The standard InChI is InChI=1S/C13H11N3O2/c1-9-14-13(15-18-9)7-16-5-4-11-6-10(8-17)2-3-12(11)16/h2-6,8H,7H2,1H3. The van der Waals surface area contributed by atoms with Gasteiger partial charge in [0.1, 0.15) is 6.29 Å². The normalized spacial score (nSPS) is 10.9. The van der Waals surface area contributed by atoms with E-state index in [0.29, 0.717) is 23.8 Å². The number of benzene rings is 1. The highest BCUT2D eigenvalue weighted by atomic mass is 16.5. The Bertz CT molecular complexity index is 712. The summed E-state index contributed by atoms with van der Waals surface area (Å²) in [7, 11) is 0. The van der Waals surface area contributed by atoms with Crippen LogP contribution in [0.15, 0.2) is 35.0 Å². The summed E-state index contributed by atoms with van der Waals surface area (Å²) in [6.45, 7) is 2.32. The lowest BCUT2D eigenvalue weighted by molar-refractivity contribution is 0.112. The van der Waals surface area contributed by atoms with Crippen molar-refractivity contribution in [3.63, 3.8) is 0 Å². The minimum absolute atomic E-state index is 0.557. The van der Waals surface area contributed by atoms with Crippen LogP contribution in [0.3, 0.4) is 0 Å². The molecule has 0 aliphatic heterocycles. The lowest BCUT2D eigenvalue weighted by atomic mass is 10.2. The van der Waals surface area contributed by atoms with Crippen LogP contribution < -0.4 is 0 Å². The molecule has 0 fully saturated rings. The molecule has 0 saturated heterocycles. The molecule has 0 aliphatic carbocycles. The molecular formula is C13H11N3O2. The van der Waals surface area contributed by atoms with Crippen LogP contribution in [0.2, 0.25) is 0 Å². The van der Waals surface area contributed by atoms with Gasteiger partial charge in [-0.3, -0.25) is 4.79 Å². The Labute approximate surface area is 103 Å². The van der Waals surface area contributed by atoms with Crippen LogP contribution in [-0.2, 0) is 6.54 Å². The Morgan fingerprint density at radius 1 is 1.39 bits per heavy atom. The third kappa shape index (κ3) is 1.79. The van der Waals surface area contributed by atoms with E-state index in [9.17, 15) is 4.79 Å². The van der Waals surface area contributed by atoms with Crippen LogP contribution in [-0.4, -0.2) is 21.0 Å². The van der Waals surface area contributed by atoms with Gasteiger partial charge in [-0.2, -0.15) is 4.98 Å². The summed E-state index contributed by atoms with van der Waals surface area (Å²) in [5.41, 5.74) is 1.72. The van der Waals surface area contributed by atoms with E-state index in [4.69, 9.17) is 4.52 Å². The van der Waals surface area contributed by atoms with Crippen molar-refractivity contribution >= 4 is 17.2 Å². The van der Waals surface area contributed by atoms with Gasteiger partial charge in [0.25, 0.3) is 0 Å². The second kappa shape index (κ2) is 4.10. The van der Waals surface area contributed by atoms with Crippen molar-refractivity contribution in [2.75, 3.05) is 0 Å². The van der Waals surface area contributed by atoms with Gasteiger partial charge in [0.05, 0.1) is 6.54 Å². The first kappa shape index (κ1) is 10.7. The van der Waals surface area contributed by atoms with Gasteiger partial charge in [0.2, 0.25) is 5.89 Å². The Hall–Kier alpha value is -2.43. The molecule has 90 valence electrons. The SMILES string of the molecule is Cc1nc(Cn2ccc3cc(C=O)ccc32)no1. The van der Waals surface area contributed by atoms with Gasteiger partial charge in [-0.1, -0.05) is 5.16 Å². The maximum absolute atomic E-state index is 10.7. The predicted molar refractivity (Wildman–Crippen MR) is 65.5 cm³/mol. The van der Waals surface area contributed by atoms with Gasteiger partial charge in [-0.25, -0.2) is 0 Å². The Kier molecular flexibility index (Phi) is 2.44. The summed E-state index contributed by atoms with van der Waals surface area (Å²) in [6.07, 6.45) is 2.80. The highest BCUT2D eigenvalue weighted by Gasteiger charge is 2.06. The maximum atomic E-state index is 10.7. The zero-order chi connectivity index (χ0) is 12.5.